The highest BCUT2D eigenvalue weighted by atomic mass is 19.1. The van der Waals surface area contributed by atoms with Gasteiger partial charge in [0.15, 0.2) is 5.82 Å². The van der Waals surface area contributed by atoms with Gasteiger partial charge >= 0.3 is 11.9 Å². The summed E-state index contributed by atoms with van der Waals surface area (Å²) in [4.78, 5) is 34.7. The molecule has 1 unspecified atom stereocenters. The van der Waals surface area contributed by atoms with Crippen LogP contribution in [0.15, 0.2) is 12.3 Å². The van der Waals surface area contributed by atoms with Gasteiger partial charge in [-0.3, -0.25) is 9.59 Å². The summed E-state index contributed by atoms with van der Waals surface area (Å²) in [6.07, 6.45) is 2.81. The Labute approximate surface area is 161 Å². The number of carboxylic acid groups (broad SMARTS) is 2. The smallest absolute Gasteiger partial charge is 0.307 e. The Kier molecular flexibility index (Phi) is 6.66. The zero-order valence-corrected chi connectivity index (χ0v) is 15.8. The van der Waals surface area contributed by atoms with Crippen LogP contribution in [0.2, 0.25) is 0 Å². The number of hydrogen-bond donors (Lipinski definition) is 4. The van der Waals surface area contributed by atoms with E-state index in [1.165, 1.54) is 6.07 Å². The van der Waals surface area contributed by atoms with E-state index in [1.54, 1.807) is 6.92 Å². The highest BCUT2D eigenvalue weighted by molar-refractivity contribution is 5.86. The Morgan fingerprint density at radius 3 is 2.68 bits per heavy atom. The Morgan fingerprint density at radius 2 is 2.07 bits per heavy atom. The standard InChI is InChI=1S/C18H24FN5O4/c1-3-4-5-18(2,8-10(16(27)28)6-13(25)26)24-15-14-12(22-17(20)23-15)7-11(19)9-21-14/h7,9-10H,3-6,8H2,1-2H3,(H,25,26)(H,27,28)(H3,20,22,23,24)/t10-,18?/m0/s1. The van der Waals surface area contributed by atoms with Gasteiger partial charge in [0.1, 0.15) is 11.3 Å². The Hall–Kier alpha value is -3.04. The maximum atomic E-state index is 13.5. The summed E-state index contributed by atoms with van der Waals surface area (Å²) in [6, 6.07) is 1.18. The Balaban J connectivity index is 2.41. The Bertz CT molecular complexity index is 873. The normalized spacial score (nSPS) is 14.4. The first kappa shape index (κ1) is 21.3. The number of nitrogens with zero attached hydrogens (tertiary/aromatic N) is 3. The number of anilines is 2. The van der Waals surface area contributed by atoms with E-state index in [9.17, 15) is 19.1 Å². The van der Waals surface area contributed by atoms with Crippen LogP contribution < -0.4 is 11.1 Å². The predicted molar refractivity (Wildman–Crippen MR) is 101 cm³/mol. The van der Waals surface area contributed by atoms with Crippen molar-refractivity contribution in [2.45, 2.75) is 51.5 Å². The first-order valence-electron chi connectivity index (χ1n) is 8.95. The molecule has 0 saturated heterocycles. The summed E-state index contributed by atoms with van der Waals surface area (Å²) < 4.78 is 13.5. The topological polar surface area (TPSA) is 151 Å². The van der Waals surface area contributed by atoms with Crippen molar-refractivity contribution in [2.24, 2.45) is 5.92 Å². The summed E-state index contributed by atoms with van der Waals surface area (Å²) in [6.45, 7) is 3.79. The highest BCUT2D eigenvalue weighted by Crippen LogP contribution is 2.31. The quantitative estimate of drug-likeness (QED) is 0.477. The molecule has 28 heavy (non-hydrogen) atoms. The number of aromatic nitrogens is 3. The molecule has 2 atom stereocenters. The fourth-order valence-corrected chi connectivity index (χ4v) is 3.17. The number of carbonyl (C=O) groups is 2. The van der Waals surface area contributed by atoms with Crippen LogP contribution in [0.4, 0.5) is 16.2 Å². The van der Waals surface area contributed by atoms with Crippen molar-refractivity contribution in [2.75, 3.05) is 11.1 Å². The molecule has 5 N–H and O–H groups in total. The summed E-state index contributed by atoms with van der Waals surface area (Å²) in [5, 5.41) is 21.6. The van der Waals surface area contributed by atoms with Crippen LogP contribution in [0.1, 0.15) is 46.0 Å². The number of nitrogens with one attached hydrogen (secondary N) is 1. The lowest BCUT2D eigenvalue weighted by Gasteiger charge is -2.34. The fourth-order valence-electron chi connectivity index (χ4n) is 3.17. The maximum absolute atomic E-state index is 13.5. The van der Waals surface area contributed by atoms with Crippen LogP contribution in [-0.2, 0) is 9.59 Å². The van der Waals surface area contributed by atoms with Gasteiger partial charge in [0.25, 0.3) is 0 Å². The number of aliphatic carboxylic acids is 2. The largest absolute Gasteiger partial charge is 0.481 e. The molecule has 0 aliphatic heterocycles. The van der Waals surface area contributed by atoms with Gasteiger partial charge in [-0.05, 0) is 19.8 Å². The van der Waals surface area contributed by atoms with E-state index in [1.807, 2.05) is 6.92 Å². The molecule has 0 aromatic carbocycles. The second-order valence-electron chi connectivity index (χ2n) is 7.08. The Morgan fingerprint density at radius 1 is 1.36 bits per heavy atom. The predicted octanol–water partition coefficient (Wildman–Crippen LogP) is 2.67. The van der Waals surface area contributed by atoms with Crippen LogP contribution in [0.3, 0.4) is 0 Å². The first-order chi connectivity index (χ1) is 13.1. The number of carboxylic acids is 2. The van der Waals surface area contributed by atoms with Crippen LogP contribution in [0.5, 0.6) is 0 Å². The zero-order chi connectivity index (χ0) is 20.9. The molecule has 2 aromatic heterocycles. The number of fused-ring (bicyclic) bond motifs is 1. The number of nitrogens with two attached hydrogens (primary N) is 1. The summed E-state index contributed by atoms with van der Waals surface area (Å²) in [5.41, 5.74) is 5.44. The van der Waals surface area contributed by atoms with Crippen LogP contribution in [-0.4, -0.2) is 42.6 Å². The molecular formula is C18H24FN5O4. The zero-order valence-electron chi connectivity index (χ0n) is 15.8. The van der Waals surface area contributed by atoms with E-state index >= 15 is 0 Å². The van der Waals surface area contributed by atoms with E-state index in [2.05, 4.69) is 20.3 Å². The van der Waals surface area contributed by atoms with E-state index in [0.29, 0.717) is 11.9 Å². The SMILES string of the molecule is CCCCC(C)(C[C@H](CC(=O)O)C(=O)O)Nc1nc(N)nc2cc(F)cnc12. The molecule has 0 fully saturated rings. The molecule has 2 rings (SSSR count). The minimum atomic E-state index is -1.18. The van der Waals surface area contributed by atoms with E-state index in [0.717, 1.165) is 19.0 Å². The third-order valence-corrected chi connectivity index (χ3v) is 4.49. The van der Waals surface area contributed by atoms with E-state index in [4.69, 9.17) is 10.8 Å². The second kappa shape index (κ2) is 8.77. The van der Waals surface area contributed by atoms with Crippen molar-refractivity contribution in [3.63, 3.8) is 0 Å². The molecule has 0 aliphatic rings. The summed E-state index contributed by atoms with van der Waals surface area (Å²) in [5.74, 6) is -3.85. The van der Waals surface area contributed by atoms with Gasteiger partial charge < -0.3 is 21.3 Å². The average molecular weight is 393 g/mol. The van der Waals surface area contributed by atoms with Gasteiger partial charge in [0.2, 0.25) is 5.95 Å². The van der Waals surface area contributed by atoms with E-state index < -0.39 is 35.6 Å². The highest BCUT2D eigenvalue weighted by Gasteiger charge is 2.33. The third-order valence-electron chi connectivity index (χ3n) is 4.49. The van der Waals surface area contributed by atoms with Gasteiger partial charge in [-0.15, -0.1) is 0 Å². The summed E-state index contributed by atoms with van der Waals surface area (Å²) in [7, 11) is 0. The molecule has 0 amide bonds. The molecule has 0 bridgehead atoms. The minimum Gasteiger partial charge on any atom is -0.481 e. The van der Waals surface area contributed by atoms with Gasteiger partial charge in [-0.2, -0.15) is 4.98 Å². The van der Waals surface area contributed by atoms with Crippen LogP contribution in [0.25, 0.3) is 11.0 Å². The lowest BCUT2D eigenvalue weighted by atomic mass is 9.83. The molecular weight excluding hydrogens is 369 g/mol. The minimum absolute atomic E-state index is 0.0568. The molecule has 2 heterocycles. The number of nitrogen functional groups attached to an aromatic ring is 1. The summed E-state index contributed by atoms with van der Waals surface area (Å²) >= 11 is 0. The number of hydrogen-bond acceptors (Lipinski definition) is 7. The molecule has 10 heteroatoms. The lowest BCUT2D eigenvalue weighted by molar-refractivity contribution is -0.148. The third kappa shape index (κ3) is 5.48. The molecule has 0 saturated carbocycles. The first-order valence-corrected chi connectivity index (χ1v) is 8.95. The molecule has 2 aromatic rings. The van der Waals surface area contributed by atoms with Crippen molar-refractivity contribution in [1.29, 1.82) is 0 Å². The van der Waals surface area contributed by atoms with Crippen molar-refractivity contribution in [3.8, 4) is 0 Å². The van der Waals surface area contributed by atoms with Crippen LogP contribution >= 0.6 is 0 Å². The fraction of sp³-hybridized carbons (Fsp3) is 0.500. The maximum Gasteiger partial charge on any atom is 0.307 e. The van der Waals surface area contributed by atoms with Gasteiger partial charge in [0.05, 0.1) is 24.1 Å². The van der Waals surface area contributed by atoms with Gasteiger partial charge in [0, 0.05) is 11.6 Å². The van der Waals surface area contributed by atoms with Crippen molar-refractivity contribution in [3.05, 3.63) is 18.1 Å². The van der Waals surface area contributed by atoms with Gasteiger partial charge in [-0.1, -0.05) is 19.8 Å². The molecule has 0 radical (unpaired) electrons. The molecule has 0 spiro atoms. The molecule has 152 valence electrons. The van der Waals surface area contributed by atoms with Crippen molar-refractivity contribution < 1.29 is 24.2 Å². The van der Waals surface area contributed by atoms with Gasteiger partial charge in [-0.25, -0.2) is 14.4 Å². The monoisotopic (exact) mass is 393 g/mol. The van der Waals surface area contributed by atoms with Crippen LogP contribution in [0, 0.1) is 11.7 Å². The molecule has 9 nitrogen and oxygen atoms in total. The number of halogens is 1. The van der Waals surface area contributed by atoms with Crippen molar-refractivity contribution >= 4 is 34.7 Å². The lowest BCUT2D eigenvalue weighted by Crippen LogP contribution is -2.40. The molecule has 0 aliphatic carbocycles. The average Bonchev–Trinajstić information content (AvgIpc) is 2.58. The van der Waals surface area contributed by atoms with Crippen molar-refractivity contribution in [1.82, 2.24) is 15.0 Å². The number of rotatable bonds is 10. The van der Waals surface area contributed by atoms with E-state index in [-0.39, 0.29) is 23.7 Å². The second-order valence-corrected chi connectivity index (χ2v) is 7.08. The number of pyridine rings is 1. The number of unbranched alkanes of at least 4 members (excludes halogenated alkanes) is 1.